The first kappa shape index (κ1) is 18.9. The summed E-state index contributed by atoms with van der Waals surface area (Å²) in [5.74, 6) is -0.496. The molecule has 11 heteroatoms. The van der Waals surface area contributed by atoms with E-state index in [1.54, 1.807) is 4.90 Å². The molecule has 1 aliphatic heterocycles. The van der Waals surface area contributed by atoms with Gasteiger partial charge < -0.3 is 14.5 Å². The zero-order valence-electron chi connectivity index (χ0n) is 14.2. The molecule has 26 heavy (non-hydrogen) atoms. The molecule has 0 spiro atoms. The van der Waals surface area contributed by atoms with Crippen molar-refractivity contribution in [3.8, 4) is 12.1 Å². The van der Waals surface area contributed by atoms with Gasteiger partial charge in [0.25, 0.3) is 0 Å². The first-order valence-electron chi connectivity index (χ1n) is 7.84. The summed E-state index contributed by atoms with van der Waals surface area (Å²) in [5.41, 5.74) is -0.352. The average Bonchev–Trinajstić information content (AvgIpc) is 2.66. The fourth-order valence-corrected chi connectivity index (χ4v) is 2.86. The van der Waals surface area contributed by atoms with Gasteiger partial charge in [-0.05, 0) is 12.8 Å². The molecule has 0 atom stereocenters. The highest BCUT2D eigenvalue weighted by Gasteiger charge is 2.33. The Balaban J connectivity index is 2.34. The van der Waals surface area contributed by atoms with E-state index in [-0.39, 0.29) is 42.3 Å². The minimum absolute atomic E-state index is 0.0711. The van der Waals surface area contributed by atoms with Crippen molar-refractivity contribution in [2.75, 3.05) is 43.1 Å². The summed E-state index contributed by atoms with van der Waals surface area (Å²) >= 11 is 0. The molecule has 136 valence electrons. The second-order valence-electron chi connectivity index (χ2n) is 5.58. The van der Waals surface area contributed by atoms with Crippen molar-refractivity contribution in [1.82, 2.24) is 9.97 Å². The van der Waals surface area contributed by atoms with E-state index in [0.29, 0.717) is 25.9 Å². The van der Waals surface area contributed by atoms with Crippen LogP contribution in [0.1, 0.15) is 12.8 Å². The number of nitrogens with zero attached hydrogens (tertiary/aromatic N) is 7. The van der Waals surface area contributed by atoms with Crippen LogP contribution in [-0.4, -0.2) is 54.1 Å². The Hall–Kier alpha value is -3.47. The fraction of sp³-hybridized carbons (Fsp3) is 0.533. The Labute approximate surface area is 149 Å². The van der Waals surface area contributed by atoms with E-state index < -0.39 is 4.92 Å². The molecule has 0 saturated carbocycles. The molecule has 0 aliphatic carbocycles. The highest BCUT2D eigenvalue weighted by atomic mass is 16.6. The Bertz CT molecular complexity index is 746. The van der Waals surface area contributed by atoms with Gasteiger partial charge in [-0.15, -0.1) is 0 Å². The number of carbonyl (C=O) groups excluding carboxylic acids is 1. The van der Waals surface area contributed by atoms with Crippen molar-refractivity contribution in [2.24, 2.45) is 5.92 Å². The van der Waals surface area contributed by atoms with Gasteiger partial charge in [-0.2, -0.15) is 10.5 Å². The second kappa shape index (κ2) is 8.58. The number of anilines is 2. The van der Waals surface area contributed by atoms with Crippen molar-refractivity contribution in [3.05, 3.63) is 16.4 Å². The van der Waals surface area contributed by atoms with Crippen LogP contribution in [0.2, 0.25) is 0 Å². The fourth-order valence-electron chi connectivity index (χ4n) is 2.86. The summed E-state index contributed by atoms with van der Waals surface area (Å²) in [6, 6.07) is 3.74. The molecule has 1 aromatic rings. The van der Waals surface area contributed by atoms with Gasteiger partial charge in [-0.1, -0.05) is 0 Å². The zero-order chi connectivity index (χ0) is 19.1. The normalized spacial score (nSPS) is 14.2. The van der Waals surface area contributed by atoms with Crippen molar-refractivity contribution in [1.29, 1.82) is 10.5 Å². The summed E-state index contributed by atoms with van der Waals surface area (Å²) in [5, 5.41) is 29.5. The molecule has 1 aliphatic rings. The highest BCUT2D eigenvalue weighted by Crippen LogP contribution is 2.35. The van der Waals surface area contributed by atoms with Crippen LogP contribution in [-0.2, 0) is 9.53 Å². The number of piperidine rings is 1. The molecular weight excluding hydrogens is 342 g/mol. The Morgan fingerprint density at radius 3 is 2.50 bits per heavy atom. The molecular formula is C15H17N7O4. The minimum Gasteiger partial charge on any atom is -0.469 e. The van der Waals surface area contributed by atoms with Gasteiger partial charge in [0.1, 0.15) is 19.4 Å². The lowest BCUT2D eigenvalue weighted by Gasteiger charge is -2.31. The summed E-state index contributed by atoms with van der Waals surface area (Å²) in [4.78, 5) is 33.6. The predicted octanol–water partition coefficient (Wildman–Crippen LogP) is 0.628. The van der Waals surface area contributed by atoms with Gasteiger partial charge >= 0.3 is 11.7 Å². The molecule has 0 unspecified atom stereocenters. The van der Waals surface area contributed by atoms with Gasteiger partial charge in [0.05, 0.1) is 30.1 Å². The average molecular weight is 359 g/mol. The molecule has 11 nitrogen and oxygen atoms in total. The number of rotatable bonds is 6. The van der Waals surface area contributed by atoms with Crippen molar-refractivity contribution in [3.63, 3.8) is 0 Å². The van der Waals surface area contributed by atoms with Crippen molar-refractivity contribution < 1.29 is 14.5 Å². The lowest BCUT2D eigenvalue weighted by molar-refractivity contribution is -0.383. The molecule has 0 aromatic carbocycles. The summed E-state index contributed by atoms with van der Waals surface area (Å²) in [6.45, 7) is 0.367. The lowest BCUT2D eigenvalue weighted by Crippen LogP contribution is -2.38. The number of hydrogen-bond donors (Lipinski definition) is 0. The molecule has 0 N–H and O–H groups in total. The first-order valence-corrected chi connectivity index (χ1v) is 7.84. The quantitative estimate of drug-likeness (QED) is 0.306. The molecule has 0 radical (unpaired) electrons. The summed E-state index contributed by atoms with van der Waals surface area (Å²) < 4.78 is 4.74. The number of nitro groups is 1. The summed E-state index contributed by atoms with van der Waals surface area (Å²) in [6.07, 6.45) is 2.15. The third-order valence-corrected chi connectivity index (χ3v) is 4.12. The molecule has 1 aromatic heterocycles. The third-order valence-electron chi connectivity index (χ3n) is 4.12. The standard InChI is InChI=1S/C15H17N7O4/c1-26-15(23)11-2-6-20(7-3-11)13-12(22(24)25)14(19-10-18-13)21(8-4-16)9-5-17/h10-11H,2-3,6-9H2,1H3. The number of ether oxygens (including phenoxy) is 1. The van der Waals surface area contributed by atoms with E-state index in [4.69, 9.17) is 15.3 Å². The zero-order valence-corrected chi connectivity index (χ0v) is 14.2. The number of aromatic nitrogens is 2. The van der Waals surface area contributed by atoms with Crippen LogP contribution < -0.4 is 9.80 Å². The molecule has 0 amide bonds. The number of carbonyl (C=O) groups is 1. The predicted molar refractivity (Wildman–Crippen MR) is 89.1 cm³/mol. The molecule has 0 bridgehead atoms. The number of hydrogen-bond acceptors (Lipinski definition) is 10. The Morgan fingerprint density at radius 1 is 1.38 bits per heavy atom. The van der Waals surface area contributed by atoms with E-state index in [1.165, 1.54) is 18.3 Å². The van der Waals surface area contributed by atoms with E-state index in [1.807, 2.05) is 12.1 Å². The van der Waals surface area contributed by atoms with Gasteiger partial charge in [0.2, 0.25) is 11.6 Å². The van der Waals surface area contributed by atoms with E-state index in [9.17, 15) is 14.9 Å². The first-order chi connectivity index (χ1) is 12.5. The largest absolute Gasteiger partial charge is 0.469 e. The Kier molecular flexibility index (Phi) is 6.22. The number of nitriles is 2. The third kappa shape index (κ3) is 3.95. The smallest absolute Gasteiger partial charge is 0.353 e. The van der Waals surface area contributed by atoms with Crippen LogP contribution >= 0.6 is 0 Å². The Morgan fingerprint density at radius 2 is 2.00 bits per heavy atom. The maximum absolute atomic E-state index is 11.6. The highest BCUT2D eigenvalue weighted by molar-refractivity contribution is 5.74. The number of esters is 1. The van der Waals surface area contributed by atoms with Gasteiger partial charge in [0.15, 0.2) is 0 Å². The van der Waals surface area contributed by atoms with Crippen molar-refractivity contribution in [2.45, 2.75) is 12.8 Å². The van der Waals surface area contributed by atoms with Crippen LogP contribution in [0.5, 0.6) is 0 Å². The van der Waals surface area contributed by atoms with Gasteiger partial charge in [0, 0.05) is 13.1 Å². The van der Waals surface area contributed by atoms with Crippen LogP contribution in [0.3, 0.4) is 0 Å². The SMILES string of the molecule is COC(=O)C1CCN(c2ncnc(N(CC#N)CC#N)c2[N+](=O)[O-])CC1. The monoisotopic (exact) mass is 359 g/mol. The minimum atomic E-state index is -0.612. The molecule has 1 saturated heterocycles. The topological polar surface area (TPSA) is 149 Å². The van der Waals surface area contributed by atoms with E-state index >= 15 is 0 Å². The van der Waals surface area contributed by atoms with Gasteiger partial charge in [-0.3, -0.25) is 14.9 Å². The van der Waals surface area contributed by atoms with Crippen molar-refractivity contribution >= 4 is 23.3 Å². The molecule has 1 fully saturated rings. The maximum atomic E-state index is 11.6. The molecule has 2 rings (SSSR count). The van der Waals surface area contributed by atoms with Crippen LogP contribution in [0.4, 0.5) is 17.3 Å². The van der Waals surface area contributed by atoms with Crippen LogP contribution in [0.25, 0.3) is 0 Å². The summed E-state index contributed by atoms with van der Waals surface area (Å²) in [7, 11) is 1.33. The van der Waals surface area contributed by atoms with Crippen LogP contribution in [0, 0.1) is 38.7 Å². The lowest BCUT2D eigenvalue weighted by atomic mass is 9.97. The van der Waals surface area contributed by atoms with E-state index in [2.05, 4.69) is 9.97 Å². The number of methoxy groups -OCH3 is 1. The van der Waals surface area contributed by atoms with Crippen LogP contribution in [0.15, 0.2) is 6.33 Å². The maximum Gasteiger partial charge on any atom is 0.353 e. The van der Waals surface area contributed by atoms with E-state index in [0.717, 1.165) is 0 Å². The van der Waals surface area contributed by atoms with Gasteiger partial charge in [-0.25, -0.2) is 9.97 Å². The second-order valence-corrected chi connectivity index (χ2v) is 5.58. The molecule has 2 heterocycles.